The van der Waals surface area contributed by atoms with E-state index in [1.165, 1.54) is 0 Å². The van der Waals surface area contributed by atoms with Crippen LogP contribution < -0.4 is 0 Å². The fourth-order valence-electron chi connectivity index (χ4n) is 0.639. The minimum Gasteiger partial charge on any atom is -0.391 e. The summed E-state index contributed by atoms with van der Waals surface area (Å²) in [6.45, 7) is 7.12. The van der Waals surface area contributed by atoms with Crippen LogP contribution in [0.1, 0.15) is 20.8 Å². The van der Waals surface area contributed by atoms with Gasteiger partial charge in [-0.1, -0.05) is 13.8 Å². The smallest absolute Gasteiger partial charge is 0.180 e. The van der Waals surface area contributed by atoms with Gasteiger partial charge in [-0.3, -0.25) is 0 Å². The second-order valence-corrected chi connectivity index (χ2v) is 2.79. The number of hydrogen-bond acceptors (Lipinski definition) is 3. The van der Waals surface area contributed by atoms with Crippen LogP contribution in [0, 0.1) is 5.92 Å². The van der Waals surface area contributed by atoms with Crippen LogP contribution in [0.15, 0.2) is 0 Å². The molecule has 0 saturated heterocycles. The van der Waals surface area contributed by atoms with E-state index in [2.05, 4.69) is 13.8 Å². The highest BCUT2D eigenvalue weighted by Gasteiger charge is 2.06. The molecule has 0 aromatic carbocycles. The number of hydrogen-bond donors (Lipinski definition) is 1. The standard InChI is InChI=1S/C8H18O3/c1-4-10-8(5-9)11-6-7(2)3/h7-9H,4-6H2,1-3H3. The topological polar surface area (TPSA) is 38.7 Å². The minimum atomic E-state index is -0.442. The van der Waals surface area contributed by atoms with Crippen molar-refractivity contribution in [2.24, 2.45) is 5.92 Å². The highest BCUT2D eigenvalue weighted by Crippen LogP contribution is 1.98. The number of aliphatic hydroxyl groups is 1. The zero-order valence-electron chi connectivity index (χ0n) is 7.54. The highest BCUT2D eigenvalue weighted by molar-refractivity contribution is 4.43. The molecule has 0 aromatic heterocycles. The van der Waals surface area contributed by atoms with E-state index in [1.54, 1.807) is 0 Å². The molecule has 3 heteroatoms. The average Bonchev–Trinajstić information content (AvgIpc) is 1.97. The molecule has 0 heterocycles. The molecule has 0 rings (SSSR count). The molecule has 68 valence electrons. The molecule has 11 heavy (non-hydrogen) atoms. The van der Waals surface area contributed by atoms with E-state index in [9.17, 15) is 0 Å². The Morgan fingerprint density at radius 1 is 1.27 bits per heavy atom. The van der Waals surface area contributed by atoms with Gasteiger partial charge >= 0.3 is 0 Å². The van der Waals surface area contributed by atoms with Crippen LogP contribution in [-0.4, -0.2) is 31.2 Å². The molecule has 0 saturated carbocycles. The van der Waals surface area contributed by atoms with Crippen molar-refractivity contribution in [3.8, 4) is 0 Å². The molecule has 0 aromatic rings. The number of ether oxygens (including phenoxy) is 2. The van der Waals surface area contributed by atoms with Crippen molar-refractivity contribution in [2.45, 2.75) is 27.1 Å². The van der Waals surface area contributed by atoms with Gasteiger partial charge in [-0.25, -0.2) is 0 Å². The van der Waals surface area contributed by atoms with Gasteiger partial charge in [0.05, 0.1) is 13.2 Å². The summed E-state index contributed by atoms with van der Waals surface area (Å²) in [5.41, 5.74) is 0. The molecule has 0 aliphatic carbocycles. The Labute approximate surface area is 68.3 Å². The molecule has 0 aliphatic heterocycles. The van der Waals surface area contributed by atoms with Gasteiger partial charge in [0.2, 0.25) is 0 Å². The molecule has 0 radical (unpaired) electrons. The highest BCUT2D eigenvalue weighted by atomic mass is 16.7. The zero-order chi connectivity index (χ0) is 8.69. The first-order valence-electron chi connectivity index (χ1n) is 4.04. The summed E-state index contributed by atoms with van der Waals surface area (Å²) in [6.07, 6.45) is -0.442. The number of rotatable bonds is 6. The van der Waals surface area contributed by atoms with Crippen LogP contribution in [0.5, 0.6) is 0 Å². The van der Waals surface area contributed by atoms with Crippen LogP contribution in [0.2, 0.25) is 0 Å². The molecular formula is C8H18O3. The first-order valence-corrected chi connectivity index (χ1v) is 4.04. The summed E-state index contributed by atoms with van der Waals surface area (Å²) in [7, 11) is 0. The lowest BCUT2D eigenvalue weighted by Gasteiger charge is -2.16. The maximum atomic E-state index is 8.72. The van der Waals surface area contributed by atoms with E-state index in [-0.39, 0.29) is 6.61 Å². The predicted octanol–water partition coefficient (Wildman–Crippen LogP) is 1.01. The molecule has 0 spiro atoms. The van der Waals surface area contributed by atoms with E-state index < -0.39 is 6.29 Å². The Morgan fingerprint density at radius 3 is 2.27 bits per heavy atom. The molecule has 0 bridgehead atoms. The van der Waals surface area contributed by atoms with Gasteiger partial charge in [0, 0.05) is 6.61 Å². The van der Waals surface area contributed by atoms with Gasteiger partial charge in [-0.15, -0.1) is 0 Å². The fraction of sp³-hybridized carbons (Fsp3) is 1.00. The normalized spacial score (nSPS) is 13.9. The van der Waals surface area contributed by atoms with Crippen LogP contribution in [-0.2, 0) is 9.47 Å². The molecule has 0 fully saturated rings. The summed E-state index contributed by atoms with van der Waals surface area (Å²) < 4.78 is 10.3. The van der Waals surface area contributed by atoms with Crippen molar-refractivity contribution in [2.75, 3.05) is 19.8 Å². The minimum absolute atomic E-state index is 0.0689. The van der Waals surface area contributed by atoms with Gasteiger partial charge in [0.1, 0.15) is 0 Å². The Morgan fingerprint density at radius 2 is 1.91 bits per heavy atom. The van der Waals surface area contributed by atoms with Gasteiger partial charge in [-0.2, -0.15) is 0 Å². The van der Waals surface area contributed by atoms with Crippen LogP contribution in [0.4, 0.5) is 0 Å². The van der Waals surface area contributed by atoms with Crippen molar-refractivity contribution < 1.29 is 14.6 Å². The Balaban J connectivity index is 3.35. The third-order valence-corrected chi connectivity index (χ3v) is 1.12. The van der Waals surface area contributed by atoms with Crippen LogP contribution >= 0.6 is 0 Å². The Hall–Kier alpha value is -0.120. The van der Waals surface area contributed by atoms with E-state index in [0.717, 1.165) is 0 Å². The first kappa shape index (κ1) is 10.9. The van der Waals surface area contributed by atoms with Gasteiger partial charge in [-0.05, 0) is 12.8 Å². The molecule has 3 nitrogen and oxygen atoms in total. The third kappa shape index (κ3) is 6.28. The number of aliphatic hydroxyl groups excluding tert-OH is 1. The van der Waals surface area contributed by atoms with Crippen molar-refractivity contribution >= 4 is 0 Å². The Kier molecular flexibility index (Phi) is 6.51. The molecule has 0 aliphatic rings. The maximum absolute atomic E-state index is 8.72. The van der Waals surface area contributed by atoms with Crippen molar-refractivity contribution in [3.63, 3.8) is 0 Å². The molecule has 1 N–H and O–H groups in total. The second kappa shape index (κ2) is 6.58. The predicted molar refractivity (Wildman–Crippen MR) is 43.3 cm³/mol. The average molecular weight is 162 g/mol. The molecule has 1 atom stereocenters. The lowest BCUT2D eigenvalue weighted by Crippen LogP contribution is -2.23. The fourth-order valence-corrected chi connectivity index (χ4v) is 0.639. The second-order valence-electron chi connectivity index (χ2n) is 2.79. The van der Waals surface area contributed by atoms with Crippen molar-refractivity contribution in [1.29, 1.82) is 0 Å². The third-order valence-electron chi connectivity index (χ3n) is 1.12. The van der Waals surface area contributed by atoms with Gasteiger partial charge in [0.25, 0.3) is 0 Å². The largest absolute Gasteiger partial charge is 0.391 e. The Bertz CT molecular complexity index is 83.4. The zero-order valence-corrected chi connectivity index (χ0v) is 7.54. The summed E-state index contributed by atoms with van der Waals surface area (Å²) in [6, 6.07) is 0. The van der Waals surface area contributed by atoms with Crippen LogP contribution in [0.25, 0.3) is 0 Å². The van der Waals surface area contributed by atoms with E-state index >= 15 is 0 Å². The van der Waals surface area contributed by atoms with Crippen molar-refractivity contribution in [1.82, 2.24) is 0 Å². The summed E-state index contributed by atoms with van der Waals surface area (Å²) in [5.74, 6) is 0.476. The van der Waals surface area contributed by atoms with Gasteiger partial charge < -0.3 is 14.6 Å². The van der Waals surface area contributed by atoms with Crippen LogP contribution in [0.3, 0.4) is 0 Å². The summed E-state index contributed by atoms with van der Waals surface area (Å²) in [4.78, 5) is 0. The molecular weight excluding hydrogens is 144 g/mol. The van der Waals surface area contributed by atoms with E-state index in [1.807, 2.05) is 6.92 Å². The summed E-state index contributed by atoms with van der Waals surface area (Å²) in [5, 5.41) is 8.72. The quantitative estimate of drug-likeness (QED) is 0.592. The van der Waals surface area contributed by atoms with E-state index in [4.69, 9.17) is 14.6 Å². The summed E-state index contributed by atoms with van der Waals surface area (Å²) >= 11 is 0. The maximum Gasteiger partial charge on any atom is 0.180 e. The molecule has 1 unspecified atom stereocenters. The first-order chi connectivity index (χ1) is 5.20. The van der Waals surface area contributed by atoms with Crippen molar-refractivity contribution in [3.05, 3.63) is 0 Å². The monoisotopic (exact) mass is 162 g/mol. The lowest BCUT2D eigenvalue weighted by atomic mass is 10.2. The van der Waals surface area contributed by atoms with Gasteiger partial charge in [0.15, 0.2) is 6.29 Å². The molecule has 0 amide bonds. The SMILES string of the molecule is CCOC(CO)OCC(C)C. The lowest BCUT2D eigenvalue weighted by molar-refractivity contribution is -0.164. The van der Waals surface area contributed by atoms with E-state index in [0.29, 0.717) is 19.1 Å².